The number of aliphatic hydroxyl groups excluding tert-OH is 1. The van der Waals surface area contributed by atoms with Gasteiger partial charge in [-0.3, -0.25) is 4.79 Å². The summed E-state index contributed by atoms with van der Waals surface area (Å²) in [5.74, 6) is 5.06. The third-order valence-corrected chi connectivity index (χ3v) is 6.36. The average Bonchev–Trinajstić information content (AvgIpc) is 2.79. The van der Waals surface area contributed by atoms with E-state index in [9.17, 15) is 9.90 Å². The van der Waals surface area contributed by atoms with Crippen molar-refractivity contribution < 1.29 is 9.90 Å². The predicted octanol–water partition coefficient (Wildman–Crippen LogP) is 0.694. The fourth-order valence-electron chi connectivity index (χ4n) is 6.40. The molecule has 14 heavy (non-hydrogen) atoms. The van der Waals surface area contributed by atoms with Crippen LogP contribution in [-0.4, -0.2) is 17.0 Å². The zero-order chi connectivity index (χ0) is 9.19. The number of aliphatic hydroxyl groups is 1. The second-order valence-electron chi connectivity index (χ2n) is 6.22. The van der Waals surface area contributed by atoms with Gasteiger partial charge >= 0.3 is 0 Å². The minimum atomic E-state index is -0.106. The monoisotopic (exact) mass is 190 g/mol. The third-order valence-electron chi connectivity index (χ3n) is 6.36. The van der Waals surface area contributed by atoms with Crippen LogP contribution in [0.4, 0.5) is 0 Å². The molecular weight excluding hydrogens is 176 g/mol. The van der Waals surface area contributed by atoms with Gasteiger partial charge in [-0.1, -0.05) is 0 Å². The summed E-state index contributed by atoms with van der Waals surface area (Å²) in [6, 6.07) is 0. The molecule has 5 rings (SSSR count). The van der Waals surface area contributed by atoms with Crippen LogP contribution in [0.25, 0.3) is 0 Å². The Balaban J connectivity index is 1.84. The number of hydrogen-bond acceptors (Lipinski definition) is 2. The van der Waals surface area contributed by atoms with E-state index in [-0.39, 0.29) is 6.10 Å². The zero-order valence-corrected chi connectivity index (χ0v) is 7.97. The molecule has 74 valence electrons. The lowest BCUT2D eigenvalue weighted by molar-refractivity contribution is -0.127. The van der Waals surface area contributed by atoms with Crippen LogP contribution >= 0.6 is 0 Å². The Labute approximate surface area is 82.7 Å². The summed E-state index contributed by atoms with van der Waals surface area (Å²) < 4.78 is 0. The molecular formula is C12H14O2. The van der Waals surface area contributed by atoms with Crippen LogP contribution in [0.5, 0.6) is 0 Å². The maximum atomic E-state index is 12.1. The van der Waals surface area contributed by atoms with Gasteiger partial charge in [0.05, 0.1) is 6.10 Å². The molecule has 0 aromatic heterocycles. The summed E-state index contributed by atoms with van der Waals surface area (Å²) >= 11 is 0. The van der Waals surface area contributed by atoms with Gasteiger partial charge in [0.25, 0.3) is 0 Å². The van der Waals surface area contributed by atoms with Crippen LogP contribution in [0.2, 0.25) is 0 Å². The van der Waals surface area contributed by atoms with E-state index in [1.807, 2.05) is 0 Å². The topological polar surface area (TPSA) is 37.3 Å². The highest BCUT2D eigenvalue weighted by Crippen LogP contribution is 2.77. The van der Waals surface area contributed by atoms with Crippen molar-refractivity contribution in [3.63, 3.8) is 0 Å². The van der Waals surface area contributed by atoms with Crippen molar-refractivity contribution in [2.75, 3.05) is 0 Å². The Morgan fingerprint density at radius 1 is 1.00 bits per heavy atom. The Bertz CT molecular complexity index is 361. The van der Waals surface area contributed by atoms with Crippen molar-refractivity contribution in [2.24, 2.45) is 47.3 Å². The van der Waals surface area contributed by atoms with Crippen molar-refractivity contribution in [1.29, 1.82) is 0 Å². The molecule has 0 amide bonds. The Kier molecular flexibility index (Phi) is 0.853. The van der Waals surface area contributed by atoms with Gasteiger partial charge in [-0.05, 0) is 48.3 Å². The Hall–Kier alpha value is -0.370. The number of hydrogen-bond donors (Lipinski definition) is 1. The third kappa shape index (κ3) is 0.425. The van der Waals surface area contributed by atoms with E-state index in [0.29, 0.717) is 41.3 Å². The highest BCUT2D eigenvalue weighted by atomic mass is 16.3. The second-order valence-corrected chi connectivity index (χ2v) is 6.22. The van der Waals surface area contributed by atoms with Crippen molar-refractivity contribution >= 4 is 5.78 Å². The van der Waals surface area contributed by atoms with Crippen molar-refractivity contribution in [1.82, 2.24) is 0 Å². The minimum Gasteiger partial charge on any atom is -0.393 e. The van der Waals surface area contributed by atoms with Crippen molar-refractivity contribution in [2.45, 2.75) is 18.9 Å². The van der Waals surface area contributed by atoms with Crippen LogP contribution in [-0.2, 0) is 4.79 Å². The van der Waals surface area contributed by atoms with Gasteiger partial charge in [-0.2, -0.15) is 0 Å². The molecule has 5 aliphatic carbocycles. The zero-order valence-electron chi connectivity index (χ0n) is 7.97. The SMILES string of the molecule is O=C1[C@H]2[C@@H]3C[C@H]1[C@@H]1[C@H]4C[C@@H]([C@H]31)[C@H]2[C@@H]4O. The summed E-state index contributed by atoms with van der Waals surface area (Å²) in [5, 5.41) is 10.2. The molecule has 0 saturated heterocycles. The molecule has 0 aromatic carbocycles. The van der Waals surface area contributed by atoms with Crippen LogP contribution < -0.4 is 0 Å². The highest BCUT2D eigenvalue weighted by molar-refractivity contribution is 5.89. The van der Waals surface area contributed by atoms with E-state index >= 15 is 0 Å². The van der Waals surface area contributed by atoms with E-state index in [0.717, 1.165) is 11.8 Å². The van der Waals surface area contributed by atoms with E-state index in [1.165, 1.54) is 12.8 Å². The first-order valence-electron chi connectivity index (χ1n) is 6.01. The first-order valence-corrected chi connectivity index (χ1v) is 6.01. The van der Waals surface area contributed by atoms with Gasteiger partial charge in [0.2, 0.25) is 0 Å². The van der Waals surface area contributed by atoms with Gasteiger partial charge in [0.15, 0.2) is 0 Å². The molecule has 0 radical (unpaired) electrons. The predicted molar refractivity (Wildman–Crippen MR) is 48.2 cm³/mol. The van der Waals surface area contributed by atoms with Gasteiger partial charge in [0.1, 0.15) is 5.78 Å². The lowest BCUT2D eigenvalue weighted by atomic mass is 9.76. The number of fused-ring (bicyclic) bond motifs is 5. The summed E-state index contributed by atoms with van der Waals surface area (Å²) in [6.07, 6.45) is 2.33. The fraction of sp³-hybridized carbons (Fsp3) is 0.917. The molecule has 4 bridgehead atoms. The van der Waals surface area contributed by atoms with Crippen LogP contribution in [0, 0.1) is 47.3 Å². The second kappa shape index (κ2) is 1.71. The molecule has 0 aliphatic heterocycles. The van der Waals surface area contributed by atoms with Crippen LogP contribution in [0.15, 0.2) is 0 Å². The molecule has 0 aromatic rings. The number of rotatable bonds is 0. The molecule has 2 heteroatoms. The number of carbonyl (C=O) groups is 1. The number of ketones is 1. The molecule has 1 N–H and O–H groups in total. The van der Waals surface area contributed by atoms with E-state index in [4.69, 9.17) is 0 Å². The molecule has 0 heterocycles. The molecule has 5 saturated carbocycles. The van der Waals surface area contributed by atoms with E-state index in [2.05, 4.69) is 0 Å². The maximum absolute atomic E-state index is 12.1. The number of Topliss-reactive ketones (excluding diaryl/α,β-unsaturated/α-hetero) is 1. The lowest BCUT2D eigenvalue weighted by Gasteiger charge is -2.29. The summed E-state index contributed by atoms with van der Waals surface area (Å²) in [6.45, 7) is 0. The van der Waals surface area contributed by atoms with Gasteiger partial charge in [0, 0.05) is 11.8 Å². The lowest BCUT2D eigenvalue weighted by Crippen LogP contribution is -2.33. The standard InChI is InChI=1S/C12H14O2/c13-11-5-1-3-7-4-2-6(8(5)7)12(14)10(4)9(3)11/h3-11,13H,1-2H2/t3-,4+,5+,6-,7+,8-,9+,10-,11+/m0/s1. The minimum absolute atomic E-state index is 0.106. The van der Waals surface area contributed by atoms with E-state index < -0.39 is 0 Å². The largest absolute Gasteiger partial charge is 0.393 e. The number of carbonyl (C=O) groups excluding carboxylic acids is 1. The first-order chi connectivity index (χ1) is 6.79. The Morgan fingerprint density at radius 3 is 2.71 bits per heavy atom. The van der Waals surface area contributed by atoms with Crippen molar-refractivity contribution in [3.05, 3.63) is 0 Å². The van der Waals surface area contributed by atoms with Crippen LogP contribution in [0.1, 0.15) is 12.8 Å². The fourth-order valence-corrected chi connectivity index (χ4v) is 6.40. The summed E-state index contributed by atoms with van der Waals surface area (Å²) in [7, 11) is 0. The van der Waals surface area contributed by atoms with Crippen molar-refractivity contribution in [3.8, 4) is 0 Å². The summed E-state index contributed by atoms with van der Waals surface area (Å²) in [4.78, 5) is 12.1. The normalized spacial score (nSPS) is 75.8. The molecule has 2 nitrogen and oxygen atoms in total. The smallest absolute Gasteiger partial charge is 0.140 e. The molecule has 0 unspecified atom stereocenters. The average molecular weight is 190 g/mol. The van der Waals surface area contributed by atoms with E-state index in [1.54, 1.807) is 0 Å². The van der Waals surface area contributed by atoms with Gasteiger partial charge in [-0.15, -0.1) is 0 Å². The molecule has 9 atom stereocenters. The van der Waals surface area contributed by atoms with Gasteiger partial charge < -0.3 is 5.11 Å². The van der Waals surface area contributed by atoms with Gasteiger partial charge in [-0.25, -0.2) is 0 Å². The molecule has 5 fully saturated rings. The quantitative estimate of drug-likeness (QED) is 0.610. The molecule has 5 aliphatic rings. The first kappa shape index (κ1) is 7.00. The highest BCUT2D eigenvalue weighted by Gasteiger charge is 2.78. The van der Waals surface area contributed by atoms with Crippen LogP contribution in [0.3, 0.4) is 0 Å². The Morgan fingerprint density at radius 2 is 1.86 bits per heavy atom. The molecule has 0 spiro atoms. The maximum Gasteiger partial charge on any atom is 0.140 e. The summed E-state index contributed by atoms with van der Waals surface area (Å²) in [5.41, 5.74) is 0.